The molecule has 0 fully saturated rings. The van der Waals surface area contributed by atoms with Gasteiger partial charge in [0.05, 0.1) is 12.2 Å². The summed E-state index contributed by atoms with van der Waals surface area (Å²) in [5.41, 5.74) is 1.08. The molecule has 7 heteroatoms. The number of carbonyl (C=O) groups excluding carboxylic acids is 1. The first-order valence-corrected chi connectivity index (χ1v) is 7.91. The van der Waals surface area contributed by atoms with E-state index < -0.39 is 0 Å². The van der Waals surface area contributed by atoms with Crippen LogP contribution in [0.3, 0.4) is 0 Å². The van der Waals surface area contributed by atoms with Gasteiger partial charge in [-0.1, -0.05) is 24.9 Å². The minimum absolute atomic E-state index is 0.0573. The maximum atomic E-state index is 12.6. The number of anilines is 1. The van der Waals surface area contributed by atoms with E-state index in [1.807, 2.05) is 26.5 Å². The molecule has 0 saturated carbocycles. The highest BCUT2D eigenvalue weighted by molar-refractivity contribution is 5.93. The number of likely N-dealkylation sites (N-methyl/N-ethyl adjacent to an activating group) is 1. The van der Waals surface area contributed by atoms with Crippen molar-refractivity contribution in [1.82, 2.24) is 19.8 Å². The monoisotopic (exact) mass is 319 g/mol. The average molecular weight is 319 g/mol. The molecule has 2 heterocycles. The van der Waals surface area contributed by atoms with Gasteiger partial charge in [-0.15, -0.1) is 0 Å². The number of hydrogen-bond donors (Lipinski definition) is 1. The molecule has 0 bridgehead atoms. The number of aryl methyl sites for hydroxylation is 2. The third-order valence-electron chi connectivity index (χ3n) is 3.74. The maximum absolute atomic E-state index is 12.6. The Labute approximate surface area is 136 Å². The smallest absolute Gasteiger partial charge is 0.242 e. The van der Waals surface area contributed by atoms with Crippen molar-refractivity contribution in [3.05, 3.63) is 29.8 Å². The van der Waals surface area contributed by atoms with Crippen LogP contribution in [0.2, 0.25) is 0 Å². The molecule has 2 rings (SSSR count). The fourth-order valence-corrected chi connectivity index (χ4v) is 2.54. The van der Waals surface area contributed by atoms with Gasteiger partial charge in [0.25, 0.3) is 0 Å². The minimum Gasteiger partial charge on any atom is -0.360 e. The number of aromatic nitrogens is 3. The highest BCUT2D eigenvalue weighted by atomic mass is 16.5. The molecule has 1 N–H and O–H groups in total. The van der Waals surface area contributed by atoms with Gasteiger partial charge in [-0.2, -0.15) is 5.10 Å². The van der Waals surface area contributed by atoms with Crippen molar-refractivity contribution in [1.29, 1.82) is 0 Å². The van der Waals surface area contributed by atoms with Crippen LogP contribution in [0.15, 0.2) is 23.0 Å². The fourth-order valence-electron chi connectivity index (χ4n) is 2.54. The van der Waals surface area contributed by atoms with Crippen molar-refractivity contribution < 1.29 is 9.32 Å². The van der Waals surface area contributed by atoms with Crippen LogP contribution in [-0.2, 0) is 18.4 Å². The Morgan fingerprint density at radius 3 is 2.87 bits per heavy atom. The number of nitrogens with zero attached hydrogens (tertiary/aromatic N) is 4. The summed E-state index contributed by atoms with van der Waals surface area (Å²) < 4.78 is 6.76. The molecule has 0 aromatic carbocycles. The Balaban J connectivity index is 2.03. The van der Waals surface area contributed by atoms with E-state index >= 15 is 0 Å². The largest absolute Gasteiger partial charge is 0.360 e. The van der Waals surface area contributed by atoms with E-state index in [0.717, 1.165) is 24.8 Å². The van der Waals surface area contributed by atoms with Gasteiger partial charge in [0.2, 0.25) is 5.91 Å². The van der Waals surface area contributed by atoms with Crippen molar-refractivity contribution in [2.24, 2.45) is 7.05 Å². The van der Waals surface area contributed by atoms with Crippen LogP contribution in [0, 0.1) is 6.92 Å². The molecular formula is C16H25N5O2. The Morgan fingerprint density at radius 1 is 1.52 bits per heavy atom. The SMILES string of the molecule is CCCC[C@H](C(=O)Nc1cc(C)on1)N(C)Cc1cnn(C)c1. The third kappa shape index (κ3) is 4.92. The first kappa shape index (κ1) is 17.2. The molecule has 1 atom stereocenters. The van der Waals surface area contributed by atoms with E-state index in [1.165, 1.54) is 0 Å². The summed E-state index contributed by atoms with van der Waals surface area (Å²) in [4.78, 5) is 14.7. The number of rotatable bonds is 8. The molecule has 0 spiro atoms. The molecule has 2 aromatic heterocycles. The number of amides is 1. The van der Waals surface area contributed by atoms with E-state index in [2.05, 4.69) is 27.4 Å². The second-order valence-corrected chi connectivity index (χ2v) is 5.91. The summed E-state index contributed by atoms with van der Waals surface area (Å²) >= 11 is 0. The summed E-state index contributed by atoms with van der Waals surface area (Å²) in [5.74, 6) is 1.08. The molecule has 7 nitrogen and oxygen atoms in total. The van der Waals surface area contributed by atoms with Crippen molar-refractivity contribution >= 4 is 11.7 Å². The number of hydrogen-bond acceptors (Lipinski definition) is 5. The normalized spacial score (nSPS) is 12.6. The van der Waals surface area contributed by atoms with Crippen molar-refractivity contribution in [2.75, 3.05) is 12.4 Å². The van der Waals surface area contributed by atoms with Gasteiger partial charge < -0.3 is 9.84 Å². The molecule has 23 heavy (non-hydrogen) atoms. The number of nitrogens with one attached hydrogen (secondary N) is 1. The lowest BCUT2D eigenvalue weighted by molar-refractivity contribution is -0.121. The lowest BCUT2D eigenvalue weighted by Crippen LogP contribution is -2.41. The third-order valence-corrected chi connectivity index (χ3v) is 3.74. The molecule has 1 amide bonds. The Morgan fingerprint density at radius 2 is 2.30 bits per heavy atom. The average Bonchev–Trinajstić information content (AvgIpc) is 3.08. The Hall–Kier alpha value is -2.15. The predicted octanol–water partition coefficient (Wildman–Crippen LogP) is 2.35. The standard InChI is InChI=1S/C16H25N5O2/c1-5-6-7-14(16(22)18-15-8-12(2)23-19-15)20(3)10-13-9-17-21(4)11-13/h8-9,11,14H,5-7,10H2,1-4H3,(H,18,19,22)/t14-/m1/s1. The highest BCUT2D eigenvalue weighted by Crippen LogP contribution is 2.15. The minimum atomic E-state index is -0.216. The van der Waals surface area contributed by atoms with Gasteiger partial charge in [0.15, 0.2) is 5.82 Å². The summed E-state index contributed by atoms with van der Waals surface area (Å²) in [6.45, 7) is 4.59. The van der Waals surface area contributed by atoms with Crippen LogP contribution in [0.5, 0.6) is 0 Å². The van der Waals surface area contributed by atoms with Crippen LogP contribution in [0.4, 0.5) is 5.82 Å². The topological polar surface area (TPSA) is 76.2 Å². The first-order chi connectivity index (χ1) is 11.0. The van der Waals surface area contributed by atoms with Crippen LogP contribution in [0.25, 0.3) is 0 Å². The van der Waals surface area contributed by atoms with E-state index in [4.69, 9.17) is 4.52 Å². The Kier molecular flexibility index (Phi) is 5.92. The van der Waals surface area contributed by atoms with E-state index in [1.54, 1.807) is 17.7 Å². The van der Waals surface area contributed by atoms with E-state index in [0.29, 0.717) is 18.1 Å². The summed E-state index contributed by atoms with van der Waals surface area (Å²) in [6, 6.07) is 1.50. The molecule has 2 aromatic rings. The zero-order valence-corrected chi connectivity index (χ0v) is 14.2. The van der Waals surface area contributed by atoms with Crippen LogP contribution in [0.1, 0.15) is 37.5 Å². The summed E-state index contributed by atoms with van der Waals surface area (Å²) in [5, 5.41) is 10.8. The molecule has 0 aliphatic heterocycles. The molecule has 0 radical (unpaired) electrons. The molecular weight excluding hydrogens is 294 g/mol. The van der Waals surface area contributed by atoms with Crippen LogP contribution < -0.4 is 5.32 Å². The first-order valence-electron chi connectivity index (χ1n) is 7.91. The second-order valence-electron chi connectivity index (χ2n) is 5.91. The fraction of sp³-hybridized carbons (Fsp3) is 0.562. The van der Waals surface area contributed by atoms with Gasteiger partial charge >= 0.3 is 0 Å². The van der Waals surface area contributed by atoms with Crippen LogP contribution >= 0.6 is 0 Å². The van der Waals surface area contributed by atoms with E-state index in [9.17, 15) is 4.79 Å². The lowest BCUT2D eigenvalue weighted by Gasteiger charge is -2.26. The lowest BCUT2D eigenvalue weighted by atomic mass is 10.1. The summed E-state index contributed by atoms with van der Waals surface area (Å²) in [7, 11) is 3.85. The molecule has 0 aliphatic rings. The van der Waals surface area contributed by atoms with Gasteiger partial charge in [-0.3, -0.25) is 14.4 Å². The summed E-state index contributed by atoms with van der Waals surface area (Å²) in [6.07, 6.45) is 6.63. The highest BCUT2D eigenvalue weighted by Gasteiger charge is 2.24. The van der Waals surface area contributed by atoms with Crippen LogP contribution in [-0.4, -0.2) is 38.8 Å². The van der Waals surface area contributed by atoms with Gasteiger partial charge in [0.1, 0.15) is 5.76 Å². The maximum Gasteiger partial charge on any atom is 0.242 e. The molecule has 126 valence electrons. The zero-order chi connectivity index (χ0) is 16.8. The zero-order valence-electron chi connectivity index (χ0n) is 14.2. The second kappa shape index (κ2) is 7.92. The van der Waals surface area contributed by atoms with Gasteiger partial charge in [0, 0.05) is 31.4 Å². The molecule has 0 aliphatic carbocycles. The molecule has 0 saturated heterocycles. The van der Waals surface area contributed by atoms with Gasteiger partial charge in [-0.05, 0) is 20.4 Å². The van der Waals surface area contributed by atoms with Crippen molar-refractivity contribution in [3.8, 4) is 0 Å². The van der Waals surface area contributed by atoms with E-state index in [-0.39, 0.29) is 11.9 Å². The van der Waals surface area contributed by atoms with Gasteiger partial charge in [-0.25, -0.2) is 0 Å². The molecule has 0 unspecified atom stereocenters. The van der Waals surface area contributed by atoms with Crippen molar-refractivity contribution in [3.63, 3.8) is 0 Å². The number of carbonyl (C=O) groups is 1. The van der Waals surface area contributed by atoms with Crippen molar-refractivity contribution in [2.45, 2.75) is 45.7 Å². The quantitative estimate of drug-likeness (QED) is 0.808. The Bertz CT molecular complexity index is 634. The number of unbranched alkanes of at least 4 members (excludes halogenated alkanes) is 1. The predicted molar refractivity (Wildman–Crippen MR) is 87.9 cm³/mol.